The Bertz CT molecular complexity index is 604. The summed E-state index contributed by atoms with van der Waals surface area (Å²) in [4.78, 5) is 11.8. The van der Waals surface area contributed by atoms with E-state index in [-0.39, 0.29) is 11.4 Å². The second kappa shape index (κ2) is 5.75. The SMILES string of the molecule is COc1ccc(C(=O)Nc2ccc(Br)cc2F)nn1. The molecule has 0 aliphatic heterocycles. The monoisotopic (exact) mass is 325 g/mol. The second-order valence-electron chi connectivity index (χ2n) is 3.54. The van der Waals surface area contributed by atoms with Crippen LogP contribution < -0.4 is 10.1 Å². The molecule has 1 amide bonds. The Labute approximate surface area is 116 Å². The fourth-order valence-corrected chi connectivity index (χ4v) is 1.66. The Hall–Kier alpha value is -2.02. The third-order valence-corrected chi connectivity index (χ3v) is 2.75. The van der Waals surface area contributed by atoms with Crippen molar-refractivity contribution in [3.05, 3.63) is 46.3 Å². The van der Waals surface area contributed by atoms with E-state index < -0.39 is 11.7 Å². The molecule has 0 aliphatic rings. The van der Waals surface area contributed by atoms with Gasteiger partial charge < -0.3 is 10.1 Å². The van der Waals surface area contributed by atoms with E-state index in [1.165, 1.54) is 31.4 Å². The number of amides is 1. The van der Waals surface area contributed by atoms with Crippen LogP contribution in [-0.2, 0) is 0 Å². The van der Waals surface area contributed by atoms with Gasteiger partial charge in [0.25, 0.3) is 5.91 Å². The Morgan fingerprint density at radius 1 is 1.32 bits per heavy atom. The number of methoxy groups -OCH3 is 1. The zero-order chi connectivity index (χ0) is 13.8. The van der Waals surface area contributed by atoms with E-state index in [4.69, 9.17) is 4.74 Å². The van der Waals surface area contributed by atoms with Gasteiger partial charge in [0.2, 0.25) is 5.88 Å². The molecule has 1 N–H and O–H groups in total. The first kappa shape index (κ1) is 13.4. The van der Waals surface area contributed by atoms with E-state index >= 15 is 0 Å². The maximum Gasteiger partial charge on any atom is 0.276 e. The van der Waals surface area contributed by atoms with Crippen LogP contribution in [-0.4, -0.2) is 23.2 Å². The molecule has 2 aromatic rings. The molecule has 0 atom stereocenters. The molecule has 0 unspecified atom stereocenters. The van der Waals surface area contributed by atoms with Gasteiger partial charge in [-0.1, -0.05) is 15.9 Å². The molecule has 0 fully saturated rings. The number of rotatable bonds is 3. The first-order valence-corrected chi connectivity index (χ1v) is 6.03. The Morgan fingerprint density at radius 2 is 2.11 bits per heavy atom. The van der Waals surface area contributed by atoms with Crippen molar-refractivity contribution in [1.82, 2.24) is 10.2 Å². The van der Waals surface area contributed by atoms with Crippen LogP contribution in [0.3, 0.4) is 0 Å². The fourth-order valence-electron chi connectivity index (χ4n) is 1.33. The number of nitrogens with zero attached hydrogens (tertiary/aromatic N) is 2. The van der Waals surface area contributed by atoms with Crippen LogP contribution >= 0.6 is 15.9 Å². The minimum Gasteiger partial charge on any atom is -0.480 e. The van der Waals surface area contributed by atoms with E-state index in [9.17, 15) is 9.18 Å². The number of nitrogens with one attached hydrogen (secondary N) is 1. The smallest absolute Gasteiger partial charge is 0.276 e. The van der Waals surface area contributed by atoms with Crippen LogP contribution in [0.4, 0.5) is 10.1 Å². The maximum atomic E-state index is 13.5. The second-order valence-corrected chi connectivity index (χ2v) is 4.45. The average Bonchev–Trinajstić information content (AvgIpc) is 2.42. The maximum absolute atomic E-state index is 13.5. The van der Waals surface area contributed by atoms with Gasteiger partial charge in [-0.2, -0.15) is 0 Å². The predicted octanol–water partition coefficient (Wildman–Crippen LogP) is 2.64. The highest BCUT2D eigenvalue weighted by Crippen LogP contribution is 2.19. The summed E-state index contributed by atoms with van der Waals surface area (Å²) < 4.78 is 19.0. The number of anilines is 1. The molecule has 98 valence electrons. The molecule has 1 aromatic heterocycles. The van der Waals surface area contributed by atoms with Gasteiger partial charge in [0.15, 0.2) is 5.69 Å². The molecular weight excluding hydrogens is 317 g/mol. The zero-order valence-corrected chi connectivity index (χ0v) is 11.4. The van der Waals surface area contributed by atoms with E-state index in [2.05, 4.69) is 31.4 Å². The number of carbonyl (C=O) groups is 1. The molecule has 19 heavy (non-hydrogen) atoms. The molecule has 0 spiro atoms. The summed E-state index contributed by atoms with van der Waals surface area (Å²) in [6.07, 6.45) is 0. The summed E-state index contributed by atoms with van der Waals surface area (Å²) in [6.45, 7) is 0. The fraction of sp³-hybridized carbons (Fsp3) is 0.0833. The topological polar surface area (TPSA) is 64.1 Å². The molecule has 2 rings (SSSR count). The molecule has 1 aromatic carbocycles. The summed E-state index contributed by atoms with van der Waals surface area (Å²) in [6, 6.07) is 7.28. The van der Waals surface area contributed by atoms with Crippen molar-refractivity contribution in [1.29, 1.82) is 0 Å². The van der Waals surface area contributed by atoms with Crippen molar-refractivity contribution >= 4 is 27.5 Å². The summed E-state index contributed by atoms with van der Waals surface area (Å²) in [5.41, 5.74) is 0.147. The van der Waals surface area contributed by atoms with Gasteiger partial charge in [0.05, 0.1) is 12.8 Å². The van der Waals surface area contributed by atoms with Gasteiger partial charge >= 0.3 is 0 Å². The lowest BCUT2D eigenvalue weighted by molar-refractivity contribution is 0.102. The van der Waals surface area contributed by atoms with Crippen LogP contribution in [0.2, 0.25) is 0 Å². The molecule has 0 aliphatic carbocycles. The van der Waals surface area contributed by atoms with E-state index in [0.717, 1.165) is 0 Å². The highest BCUT2D eigenvalue weighted by molar-refractivity contribution is 9.10. The van der Waals surface area contributed by atoms with Crippen molar-refractivity contribution in [2.24, 2.45) is 0 Å². The van der Waals surface area contributed by atoms with Crippen LogP contribution in [0.25, 0.3) is 0 Å². The van der Waals surface area contributed by atoms with Crippen molar-refractivity contribution in [3.63, 3.8) is 0 Å². The van der Waals surface area contributed by atoms with Gasteiger partial charge in [-0.05, 0) is 24.3 Å². The molecule has 1 heterocycles. The molecule has 7 heteroatoms. The van der Waals surface area contributed by atoms with E-state index in [1.807, 2.05) is 0 Å². The van der Waals surface area contributed by atoms with Crippen LogP contribution in [0.1, 0.15) is 10.5 Å². The lowest BCUT2D eigenvalue weighted by atomic mass is 10.3. The highest BCUT2D eigenvalue weighted by Gasteiger charge is 2.11. The summed E-state index contributed by atoms with van der Waals surface area (Å²) in [7, 11) is 1.45. The average molecular weight is 326 g/mol. The predicted molar refractivity (Wildman–Crippen MR) is 70.6 cm³/mol. The van der Waals surface area contributed by atoms with Gasteiger partial charge in [0.1, 0.15) is 5.82 Å². The number of hydrogen-bond donors (Lipinski definition) is 1. The number of benzene rings is 1. The standard InChI is InChI=1S/C12H9BrFN3O2/c1-19-11-5-4-10(16-17-11)12(18)15-9-3-2-7(13)6-8(9)14/h2-6H,1H3,(H,15,18). The Balaban J connectivity index is 2.15. The number of aromatic nitrogens is 2. The summed E-state index contributed by atoms with van der Waals surface area (Å²) >= 11 is 3.13. The number of carbonyl (C=O) groups excluding carboxylic acids is 1. The Kier molecular flexibility index (Phi) is 4.06. The van der Waals surface area contributed by atoms with Gasteiger partial charge in [-0.25, -0.2) is 4.39 Å². The number of ether oxygens (including phenoxy) is 1. The Morgan fingerprint density at radius 3 is 2.68 bits per heavy atom. The third-order valence-electron chi connectivity index (χ3n) is 2.26. The number of hydrogen-bond acceptors (Lipinski definition) is 4. The van der Waals surface area contributed by atoms with Crippen molar-refractivity contribution in [2.75, 3.05) is 12.4 Å². The van der Waals surface area contributed by atoms with Crippen LogP contribution in [0, 0.1) is 5.82 Å². The van der Waals surface area contributed by atoms with Crippen LogP contribution in [0.5, 0.6) is 5.88 Å². The molecule has 0 radical (unpaired) electrons. The molecule has 0 saturated carbocycles. The molecule has 0 bridgehead atoms. The van der Waals surface area contributed by atoms with Crippen molar-refractivity contribution < 1.29 is 13.9 Å². The largest absolute Gasteiger partial charge is 0.480 e. The van der Waals surface area contributed by atoms with E-state index in [0.29, 0.717) is 10.4 Å². The van der Waals surface area contributed by atoms with Crippen LogP contribution in [0.15, 0.2) is 34.8 Å². The third kappa shape index (κ3) is 3.25. The first-order chi connectivity index (χ1) is 9.10. The molecule has 5 nitrogen and oxygen atoms in total. The lowest BCUT2D eigenvalue weighted by Crippen LogP contribution is -2.15. The van der Waals surface area contributed by atoms with Gasteiger partial charge in [0, 0.05) is 10.5 Å². The van der Waals surface area contributed by atoms with Gasteiger partial charge in [-0.15, -0.1) is 10.2 Å². The zero-order valence-electron chi connectivity index (χ0n) is 9.85. The van der Waals surface area contributed by atoms with Crippen molar-refractivity contribution in [2.45, 2.75) is 0 Å². The normalized spacial score (nSPS) is 10.1. The summed E-state index contributed by atoms with van der Waals surface area (Å²) in [5, 5.41) is 9.75. The molecular formula is C12H9BrFN3O2. The minimum atomic E-state index is -0.545. The minimum absolute atomic E-state index is 0.0723. The quantitative estimate of drug-likeness (QED) is 0.942. The summed E-state index contributed by atoms with van der Waals surface area (Å²) in [5.74, 6) is -0.785. The highest BCUT2D eigenvalue weighted by atomic mass is 79.9. The first-order valence-electron chi connectivity index (χ1n) is 5.24. The van der Waals surface area contributed by atoms with Crippen molar-refractivity contribution in [3.8, 4) is 5.88 Å². The molecule has 0 saturated heterocycles. The van der Waals surface area contributed by atoms with Gasteiger partial charge in [-0.3, -0.25) is 4.79 Å². The van der Waals surface area contributed by atoms with E-state index in [1.54, 1.807) is 6.07 Å². The lowest BCUT2D eigenvalue weighted by Gasteiger charge is -2.06. The number of halogens is 2.